The maximum atomic E-state index is 5.75. The Hall–Kier alpha value is -0.850. The van der Waals surface area contributed by atoms with E-state index in [4.69, 9.17) is 4.42 Å². The van der Waals surface area contributed by atoms with Crippen LogP contribution >= 0.6 is 27.7 Å². The molecule has 0 amide bonds. The second-order valence-electron chi connectivity index (χ2n) is 5.17. The minimum Gasteiger partial charge on any atom is -0.461 e. The molecule has 4 nitrogen and oxygen atoms in total. The fourth-order valence-electron chi connectivity index (χ4n) is 2.58. The largest absolute Gasteiger partial charge is 0.461 e. The van der Waals surface area contributed by atoms with Gasteiger partial charge in [0.2, 0.25) is 0 Å². The van der Waals surface area contributed by atoms with Crippen LogP contribution in [0.3, 0.4) is 0 Å². The molecule has 2 aromatic rings. The summed E-state index contributed by atoms with van der Waals surface area (Å²) in [5.74, 6) is 0.791. The molecule has 112 valence electrons. The van der Waals surface area contributed by atoms with Crippen molar-refractivity contribution < 1.29 is 4.42 Å². The molecule has 1 aliphatic rings. The van der Waals surface area contributed by atoms with Crippen molar-refractivity contribution in [2.45, 2.75) is 31.0 Å². The summed E-state index contributed by atoms with van der Waals surface area (Å²) in [6, 6.07) is 1.88. The number of rotatable bonds is 4. The topological polar surface area (TPSA) is 42.2 Å². The van der Waals surface area contributed by atoms with Crippen LogP contribution in [0.25, 0.3) is 11.5 Å². The van der Waals surface area contributed by atoms with Crippen molar-refractivity contribution in [3.8, 4) is 11.5 Å². The van der Waals surface area contributed by atoms with Crippen LogP contribution < -0.4 is 0 Å². The third-order valence-electron chi connectivity index (χ3n) is 3.69. The number of aromatic nitrogens is 2. The first-order valence-electron chi connectivity index (χ1n) is 7.13. The van der Waals surface area contributed by atoms with E-state index in [0.29, 0.717) is 0 Å². The molecule has 0 aliphatic carbocycles. The van der Waals surface area contributed by atoms with Crippen LogP contribution in [0.4, 0.5) is 0 Å². The molecular formula is C15H18BrN3OS. The van der Waals surface area contributed by atoms with Crippen molar-refractivity contribution in [2.24, 2.45) is 0 Å². The van der Waals surface area contributed by atoms with Crippen molar-refractivity contribution in [2.75, 3.05) is 19.3 Å². The molecule has 0 saturated carbocycles. The predicted octanol–water partition coefficient (Wildman–Crippen LogP) is 4.21. The molecule has 0 aromatic carbocycles. The highest BCUT2D eigenvalue weighted by Gasteiger charge is 2.18. The van der Waals surface area contributed by atoms with Crippen LogP contribution in [0.2, 0.25) is 0 Å². The minimum atomic E-state index is 0.758. The first kappa shape index (κ1) is 15.1. The van der Waals surface area contributed by atoms with Crippen LogP contribution in [0.15, 0.2) is 32.6 Å². The van der Waals surface area contributed by atoms with Crippen molar-refractivity contribution in [1.82, 2.24) is 14.9 Å². The van der Waals surface area contributed by atoms with Gasteiger partial charge in [-0.1, -0.05) is 18.2 Å². The standard InChI is InChI=1S/C15H18BrN3OS/c1-21-15-17-6-5-12(18-15)14-13(16)11(10-20-14)9-19-7-3-2-4-8-19/h5-6,10H,2-4,7-9H2,1H3. The minimum absolute atomic E-state index is 0.758. The normalized spacial score (nSPS) is 16.3. The quantitative estimate of drug-likeness (QED) is 0.598. The Labute approximate surface area is 137 Å². The van der Waals surface area contributed by atoms with E-state index in [1.807, 2.05) is 18.6 Å². The Morgan fingerprint density at radius 1 is 1.33 bits per heavy atom. The third kappa shape index (κ3) is 3.49. The smallest absolute Gasteiger partial charge is 0.187 e. The Balaban J connectivity index is 1.81. The summed E-state index contributed by atoms with van der Waals surface area (Å²) in [7, 11) is 0. The van der Waals surface area contributed by atoms with Gasteiger partial charge in [0.1, 0.15) is 5.69 Å². The predicted molar refractivity (Wildman–Crippen MR) is 88.3 cm³/mol. The lowest BCUT2D eigenvalue weighted by Gasteiger charge is -2.25. The number of thioether (sulfide) groups is 1. The monoisotopic (exact) mass is 367 g/mol. The lowest BCUT2D eigenvalue weighted by Crippen LogP contribution is -2.29. The summed E-state index contributed by atoms with van der Waals surface area (Å²) >= 11 is 5.20. The van der Waals surface area contributed by atoms with E-state index in [1.165, 1.54) is 49.7 Å². The van der Waals surface area contributed by atoms with Gasteiger partial charge in [-0.3, -0.25) is 4.90 Å². The van der Waals surface area contributed by atoms with Gasteiger partial charge in [-0.05, 0) is 54.2 Å². The molecule has 1 saturated heterocycles. The fraction of sp³-hybridized carbons (Fsp3) is 0.467. The molecule has 0 spiro atoms. The van der Waals surface area contributed by atoms with Gasteiger partial charge in [-0.15, -0.1) is 0 Å². The summed E-state index contributed by atoms with van der Waals surface area (Å²) in [4.78, 5) is 11.2. The zero-order chi connectivity index (χ0) is 14.7. The molecule has 3 heterocycles. The molecule has 1 fully saturated rings. The molecule has 3 rings (SSSR count). The third-order valence-corrected chi connectivity index (χ3v) is 5.12. The maximum absolute atomic E-state index is 5.75. The Kier molecular flexibility index (Phi) is 4.98. The summed E-state index contributed by atoms with van der Waals surface area (Å²) in [6.45, 7) is 3.29. The van der Waals surface area contributed by atoms with Crippen molar-refractivity contribution in [3.05, 3.63) is 28.6 Å². The van der Waals surface area contributed by atoms with Gasteiger partial charge < -0.3 is 4.42 Å². The van der Waals surface area contributed by atoms with Gasteiger partial charge in [0.05, 0.1) is 10.7 Å². The lowest BCUT2D eigenvalue weighted by molar-refractivity contribution is 0.220. The van der Waals surface area contributed by atoms with E-state index < -0.39 is 0 Å². The van der Waals surface area contributed by atoms with Crippen molar-refractivity contribution in [1.29, 1.82) is 0 Å². The van der Waals surface area contributed by atoms with Gasteiger partial charge in [-0.2, -0.15) is 0 Å². The zero-order valence-corrected chi connectivity index (χ0v) is 14.4. The molecule has 0 unspecified atom stereocenters. The molecule has 6 heteroatoms. The highest BCUT2D eigenvalue weighted by molar-refractivity contribution is 9.10. The zero-order valence-electron chi connectivity index (χ0n) is 12.0. The Morgan fingerprint density at radius 2 is 2.14 bits per heavy atom. The molecule has 21 heavy (non-hydrogen) atoms. The van der Waals surface area contributed by atoms with E-state index in [2.05, 4.69) is 30.8 Å². The number of likely N-dealkylation sites (tertiary alicyclic amines) is 1. The molecule has 0 atom stereocenters. The molecular weight excluding hydrogens is 350 g/mol. The van der Waals surface area contributed by atoms with Gasteiger partial charge >= 0.3 is 0 Å². The lowest BCUT2D eigenvalue weighted by atomic mass is 10.1. The second-order valence-corrected chi connectivity index (χ2v) is 6.74. The van der Waals surface area contributed by atoms with Crippen LogP contribution in [-0.4, -0.2) is 34.2 Å². The summed E-state index contributed by atoms with van der Waals surface area (Å²) < 4.78 is 6.76. The molecule has 1 aliphatic heterocycles. The van der Waals surface area contributed by atoms with Crippen LogP contribution in [0, 0.1) is 0 Å². The summed E-state index contributed by atoms with van der Waals surface area (Å²) in [5.41, 5.74) is 2.02. The molecule has 2 aromatic heterocycles. The van der Waals surface area contributed by atoms with Crippen molar-refractivity contribution >= 4 is 27.7 Å². The highest BCUT2D eigenvalue weighted by atomic mass is 79.9. The molecule has 0 N–H and O–H groups in total. The van der Waals surface area contributed by atoms with E-state index in [9.17, 15) is 0 Å². The van der Waals surface area contributed by atoms with Gasteiger partial charge in [0.25, 0.3) is 0 Å². The van der Waals surface area contributed by atoms with E-state index in [0.717, 1.165) is 27.6 Å². The fourth-order valence-corrected chi connectivity index (χ4v) is 3.45. The average molecular weight is 368 g/mol. The Morgan fingerprint density at radius 3 is 2.90 bits per heavy atom. The average Bonchev–Trinajstić information content (AvgIpc) is 2.89. The molecule has 0 bridgehead atoms. The number of nitrogens with zero attached hydrogens (tertiary/aromatic N) is 3. The first-order valence-corrected chi connectivity index (χ1v) is 9.15. The summed E-state index contributed by atoms with van der Waals surface area (Å²) in [5, 5.41) is 0.758. The number of halogens is 1. The van der Waals surface area contributed by atoms with Crippen LogP contribution in [0.5, 0.6) is 0 Å². The van der Waals surface area contributed by atoms with Crippen molar-refractivity contribution in [3.63, 3.8) is 0 Å². The number of hydrogen-bond acceptors (Lipinski definition) is 5. The summed E-state index contributed by atoms with van der Waals surface area (Å²) in [6.07, 6.45) is 9.53. The van der Waals surface area contributed by atoms with E-state index in [1.54, 1.807) is 6.20 Å². The maximum Gasteiger partial charge on any atom is 0.187 e. The number of furan rings is 1. The van der Waals surface area contributed by atoms with Crippen LogP contribution in [0.1, 0.15) is 24.8 Å². The van der Waals surface area contributed by atoms with Gasteiger partial charge in [0.15, 0.2) is 10.9 Å². The SMILES string of the molecule is CSc1nccc(-c2occ(CN3CCCCC3)c2Br)n1. The first-order chi connectivity index (χ1) is 10.3. The van der Waals surface area contributed by atoms with E-state index in [-0.39, 0.29) is 0 Å². The number of hydrogen-bond donors (Lipinski definition) is 0. The van der Waals surface area contributed by atoms with Gasteiger partial charge in [-0.25, -0.2) is 9.97 Å². The molecule has 0 radical (unpaired) electrons. The highest BCUT2D eigenvalue weighted by Crippen LogP contribution is 2.33. The number of piperidine rings is 1. The second kappa shape index (κ2) is 6.94. The van der Waals surface area contributed by atoms with Crippen LogP contribution in [-0.2, 0) is 6.54 Å². The van der Waals surface area contributed by atoms with Gasteiger partial charge in [0, 0.05) is 18.3 Å². The Bertz CT molecular complexity index is 611. The van der Waals surface area contributed by atoms with E-state index >= 15 is 0 Å².